The Kier molecular flexibility index (Phi) is 5.11. The second-order valence-corrected chi connectivity index (χ2v) is 7.90. The van der Waals surface area contributed by atoms with E-state index in [0.717, 1.165) is 6.20 Å². The monoisotopic (exact) mass is 488 g/mol. The molecule has 5 rings (SSSR count). The molecular formula is C20H15F3N8O4. The maximum atomic E-state index is 13.0. The highest BCUT2D eigenvalue weighted by Gasteiger charge is 2.39. The highest BCUT2D eigenvalue weighted by Crippen LogP contribution is 2.33. The average molecular weight is 488 g/mol. The normalized spacial score (nSPS) is 18.0. The number of nitrogens with one attached hydrogen (secondary N) is 3. The molecule has 1 aromatic carbocycles. The molecule has 4 heterocycles. The number of aromatic amines is 1. The van der Waals surface area contributed by atoms with E-state index in [2.05, 4.69) is 26.0 Å². The van der Waals surface area contributed by atoms with Gasteiger partial charge in [0.1, 0.15) is 6.04 Å². The van der Waals surface area contributed by atoms with Crippen LogP contribution in [0.4, 0.5) is 18.9 Å². The van der Waals surface area contributed by atoms with Gasteiger partial charge in [0.25, 0.3) is 11.8 Å². The fourth-order valence-corrected chi connectivity index (χ4v) is 3.98. The lowest BCUT2D eigenvalue weighted by Gasteiger charge is -2.29. The zero-order chi connectivity index (χ0) is 24.9. The summed E-state index contributed by atoms with van der Waals surface area (Å²) in [5.74, 6) is -2.18. The van der Waals surface area contributed by atoms with Gasteiger partial charge in [-0.05, 0) is 30.2 Å². The van der Waals surface area contributed by atoms with Gasteiger partial charge in [-0.3, -0.25) is 29.6 Å². The maximum absolute atomic E-state index is 13.0. The van der Waals surface area contributed by atoms with Crippen molar-refractivity contribution in [3.63, 3.8) is 0 Å². The van der Waals surface area contributed by atoms with Crippen LogP contribution in [-0.4, -0.2) is 59.8 Å². The number of alkyl halides is 3. The van der Waals surface area contributed by atoms with E-state index in [1.54, 1.807) is 23.3 Å². The predicted molar refractivity (Wildman–Crippen MR) is 109 cm³/mol. The predicted octanol–water partition coefficient (Wildman–Crippen LogP) is 1.02. The number of anilines is 1. The zero-order valence-electron chi connectivity index (χ0n) is 17.6. The van der Waals surface area contributed by atoms with Crippen LogP contribution in [0.3, 0.4) is 0 Å². The minimum Gasteiger partial charge on any atom is -0.322 e. The Morgan fingerprint density at radius 1 is 1.20 bits per heavy atom. The van der Waals surface area contributed by atoms with Crippen molar-refractivity contribution in [1.29, 1.82) is 0 Å². The van der Waals surface area contributed by atoms with Crippen molar-refractivity contribution in [2.24, 2.45) is 0 Å². The molecule has 3 aromatic rings. The van der Waals surface area contributed by atoms with E-state index in [0.29, 0.717) is 16.8 Å². The minimum absolute atomic E-state index is 0.134. The molecule has 2 aliphatic heterocycles. The van der Waals surface area contributed by atoms with Crippen LogP contribution >= 0.6 is 0 Å². The molecule has 0 radical (unpaired) electrons. The zero-order valence-corrected chi connectivity index (χ0v) is 17.6. The van der Waals surface area contributed by atoms with Gasteiger partial charge in [-0.1, -0.05) is 5.21 Å². The Labute approximate surface area is 193 Å². The molecular weight excluding hydrogens is 473 g/mol. The van der Waals surface area contributed by atoms with Crippen LogP contribution in [0.15, 0.2) is 30.6 Å². The first-order valence-electron chi connectivity index (χ1n) is 10.2. The van der Waals surface area contributed by atoms with Gasteiger partial charge in [-0.2, -0.15) is 18.3 Å². The fourth-order valence-electron chi connectivity index (χ4n) is 3.98. The SMILES string of the molecule is O=C1CCC(N2Cc3cc(-n4cc(C(=O)Nc5cn[nH]c5C(F)(F)F)nn4)ccc3C2=O)C(=O)N1. The topological polar surface area (TPSA) is 155 Å². The van der Waals surface area contributed by atoms with E-state index in [1.807, 2.05) is 0 Å². The van der Waals surface area contributed by atoms with Gasteiger partial charge < -0.3 is 10.2 Å². The number of aromatic nitrogens is 5. The third-order valence-corrected chi connectivity index (χ3v) is 5.67. The summed E-state index contributed by atoms with van der Waals surface area (Å²) in [4.78, 5) is 50.2. The third-order valence-electron chi connectivity index (χ3n) is 5.67. The first kappa shape index (κ1) is 22.2. The third kappa shape index (κ3) is 4.00. The number of rotatable bonds is 4. The highest BCUT2D eigenvalue weighted by molar-refractivity contribution is 6.05. The van der Waals surface area contributed by atoms with Crippen molar-refractivity contribution in [3.05, 3.63) is 53.1 Å². The van der Waals surface area contributed by atoms with Crippen LogP contribution in [0.5, 0.6) is 0 Å². The van der Waals surface area contributed by atoms with Gasteiger partial charge >= 0.3 is 6.18 Å². The molecule has 180 valence electrons. The second kappa shape index (κ2) is 8.03. The lowest BCUT2D eigenvalue weighted by atomic mass is 10.0. The Morgan fingerprint density at radius 3 is 2.74 bits per heavy atom. The van der Waals surface area contributed by atoms with Crippen molar-refractivity contribution in [2.75, 3.05) is 5.32 Å². The van der Waals surface area contributed by atoms with Crippen molar-refractivity contribution in [2.45, 2.75) is 31.6 Å². The summed E-state index contributed by atoms with van der Waals surface area (Å²) >= 11 is 0. The number of hydrogen-bond donors (Lipinski definition) is 3. The molecule has 15 heteroatoms. The molecule has 0 saturated carbocycles. The van der Waals surface area contributed by atoms with Crippen LogP contribution in [0.25, 0.3) is 5.69 Å². The number of hydrogen-bond acceptors (Lipinski definition) is 7. The summed E-state index contributed by atoms with van der Waals surface area (Å²) < 4.78 is 40.1. The van der Waals surface area contributed by atoms with Gasteiger partial charge in [-0.15, -0.1) is 5.10 Å². The number of carbonyl (C=O) groups excluding carboxylic acids is 4. The number of H-pyrrole nitrogens is 1. The molecule has 1 atom stereocenters. The van der Waals surface area contributed by atoms with Gasteiger partial charge in [0.15, 0.2) is 11.4 Å². The largest absolute Gasteiger partial charge is 0.434 e. The van der Waals surface area contributed by atoms with E-state index in [-0.39, 0.29) is 36.9 Å². The molecule has 35 heavy (non-hydrogen) atoms. The number of nitrogens with zero attached hydrogens (tertiary/aromatic N) is 5. The average Bonchev–Trinajstić information content (AvgIpc) is 3.53. The fraction of sp³-hybridized carbons (Fsp3) is 0.250. The Balaban J connectivity index is 1.33. The number of benzene rings is 1. The van der Waals surface area contributed by atoms with Crippen molar-refractivity contribution in [1.82, 2.24) is 35.4 Å². The van der Waals surface area contributed by atoms with E-state index in [4.69, 9.17) is 0 Å². The Morgan fingerprint density at radius 2 is 2.00 bits per heavy atom. The van der Waals surface area contributed by atoms with Crippen molar-refractivity contribution in [3.8, 4) is 5.69 Å². The number of carbonyl (C=O) groups is 4. The quantitative estimate of drug-likeness (QED) is 0.463. The Hall–Kier alpha value is -4.56. The summed E-state index contributed by atoms with van der Waals surface area (Å²) in [6.45, 7) is 0.136. The molecule has 12 nitrogen and oxygen atoms in total. The van der Waals surface area contributed by atoms with Crippen LogP contribution in [0.2, 0.25) is 0 Å². The molecule has 2 aliphatic rings. The molecule has 1 unspecified atom stereocenters. The van der Waals surface area contributed by atoms with E-state index in [9.17, 15) is 32.3 Å². The highest BCUT2D eigenvalue weighted by atomic mass is 19.4. The molecule has 3 N–H and O–H groups in total. The molecule has 2 aromatic heterocycles. The van der Waals surface area contributed by atoms with Crippen LogP contribution < -0.4 is 10.6 Å². The van der Waals surface area contributed by atoms with Crippen LogP contribution in [0, 0.1) is 0 Å². The first-order valence-corrected chi connectivity index (χ1v) is 10.2. The van der Waals surface area contributed by atoms with E-state index >= 15 is 0 Å². The Bertz CT molecular complexity index is 1380. The number of fused-ring (bicyclic) bond motifs is 1. The van der Waals surface area contributed by atoms with E-state index in [1.165, 1.54) is 15.8 Å². The summed E-state index contributed by atoms with van der Waals surface area (Å²) in [6.07, 6.45) is -2.32. The standard InChI is InChI=1S/C20H15F3N8O4/c21-20(22,23)16-12(6-24-28-16)25-17(33)13-8-31(29-27-13)10-1-2-11-9(5-10)7-30(19(11)35)14-3-4-15(32)26-18(14)34/h1-2,5-6,8,14H,3-4,7H2,(H,24,28)(H,25,33)(H,26,32,34). The summed E-state index contributed by atoms with van der Waals surface area (Å²) in [6, 6.07) is 3.97. The number of halogens is 3. The van der Waals surface area contributed by atoms with Crippen molar-refractivity contribution >= 4 is 29.3 Å². The van der Waals surface area contributed by atoms with Gasteiger partial charge in [0.05, 0.1) is 23.8 Å². The molecule has 4 amide bonds. The minimum atomic E-state index is -4.74. The first-order chi connectivity index (χ1) is 16.6. The van der Waals surface area contributed by atoms with E-state index < -0.39 is 35.4 Å². The molecule has 1 saturated heterocycles. The number of piperidine rings is 1. The summed E-state index contributed by atoms with van der Waals surface area (Å²) in [5.41, 5.74) is -0.583. The second-order valence-electron chi connectivity index (χ2n) is 7.90. The maximum Gasteiger partial charge on any atom is 0.434 e. The molecule has 0 bridgehead atoms. The van der Waals surface area contributed by atoms with Gasteiger partial charge in [0, 0.05) is 18.5 Å². The van der Waals surface area contributed by atoms with Crippen LogP contribution in [-0.2, 0) is 22.3 Å². The summed E-state index contributed by atoms with van der Waals surface area (Å²) in [5, 5.41) is 17.0. The van der Waals surface area contributed by atoms with Gasteiger partial charge in [0.2, 0.25) is 11.8 Å². The molecule has 0 aliphatic carbocycles. The number of imide groups is 1. The lowest BCUT2D eigenvalue weighted by molar-refractivity contribution is -0.140. The van der Waals surface area contributed by atoms with Gasteiger partial charge in [-0.25, -0.2) is 4.68 Å². The van der Waals surface area contributed by atoms with Crippen molar-refractivity contribution < 1.29 is 32.3 Å². The molecule has 0 spiro atoms. The summed E-state index contributed by atoms with van der Waals surface area (Å²) in [7, 11) is 0. The molecule has 1 fully saturated rings. The lowest BCUT2D eigenvalue weighted by Crippen LogP contribution is -2.52. The smallest absolute Gasteiger partial charge is 0.322 e. The number of amides is 4. The van der Waals surface area contributed by atoms with Crippen LogP contribution in [0.1, 0.15) is 44.9 Å².